The Labute approximate surface area is 254 Å². The molecule has 3 nitrogen and oxygen atoms in total. The van der Waals surface area contributed by atoms with E-state index in [1.165, 1.54) is 16.7 Å². The highest BCUT2D eigenvalue weighted by Gasteiger charge is 2.17. The maximum Gasteiger partial charge on any atom is 0.164 e. The lowest BCUT2D eigenvalue weighted by Gasteiger charge is -2.15. The Morgan fingerprint density at radius 1 is 0.651 bits per heavy atom. The number of hydrogen-bond donors (Lipinski definition) is 0. The fraction of sp³-hybridized carbons (Fsp3) is 0.125. The number of allylic oxidation sites excluding steroid dienone is 8. The monoisotopic (exact) mass is 557 g/mol. The summed E-state index contributed by atoms with van der Waals surface area (Å²) in [6.07, 6.45) is 13.9. The van der Waals surface area contributed by atoms with Crippen LogP contribution in [0.15, 0.2) is 140 Å². The van der Waals surface area contributed by atoms with Crippen LogP contribution in [0.4, 0.5) is 0 Å². The van der Waals surface area contributed by atoms with Crippen LogP contribution in [0, 0.1) is 0 Å². The van der Waals surface area contributed by atoms with Crippen LogP contribution >= 0.6 is 0 Å². The first-order valence-corrected chi connectivity index (χ1v) is 15.0. The lowest BCUT2D eigenvalue weighted by atomic mass is 9.93. The van der Waals surface area contributed by atoms with Crippen LogP contribution in [0.25, 0.3) is 50.6 Å². The van der Waals surface area contributed by atoms with Crippen LogP contribution in [-0.4, -0.2) is 15.0 Å². The van der Waals surface area contributed by atoms with Gasteiger partial charge >= 0.3 is 0 Å². The molecule has 5 aromatic rings. The van der Waals surface area contributed by atoms with E-state index in [0.29, 0.717) is 17.5 Å². The van der Waals surface area contributed by atoms with Gasteiger partial charge in [0.2, 0.25) is 0 Å². The Balaban J connectivity index is 1.49. The summed E-state index contributed by atoms with van der Waals surface area (Å²) in [5.41, 5.74) is 10.1. The highest BCUT2D eigenvalue weighted by atomic mass is 15.0. The summed E-state index contributed by atoms with van der Waals surface area (Å²) in [6, 6.07) is 38.0. The van der Waals surface area contributed by atoms with Gasteiger partial charge in [-0.2, -0.15) is 0 Å². The summed E-state index contributed by atoms with van der Waals surface area (Å²) in [5, 5.41) is 0. The molecule has 3 heteroatoms. The summed E-state index contributed by atoms with van der Waals surface area (Å²) in [6.45, 7) is 4.22. The van der Waals surface area contributed by atoms with Crippen molar-refractivity contribution in [2.75, 3.05) is 0 Å². The molecule has 0 radical (unpaired) electrons. The van der Waals surface area contributed by atoms with Crippen LogP contribution in [-0.2, 0) is 0 Å². The van der Waals surface area contributed by atoms with E-state index in [4.69, 9.17) is 15.0 Å². The van der Waals surface area contributed by atoms with E-state index in [-0.39, 0.29) is 0 Å². The molecule has 0 unspecified atom stereocenters. The van der Waals surface area contributed by atoms with Crippen molar-refractivity contribution in [3.63, 3.8) is 0 Å². The van der Waals surface area contributed by atoms with Gasteiger partial charge < -0.3 is 0 Å². The molecule has 0 N–H and O–H groups in total. The molecule has 0 amide bonds. The molecule has 0 fully saturated rings. The fourth-order valence-corrected chi connectivity index (χ4v) is 5.49. The summed E-state index contributed by atoms with van der Waals surface area (Å²) in [7, 11) is 0. The quantitative estimate of drug-likeness (QED) is 0.178. The third-order valence-electron chi connectivity index (χ3n) is 7.60. The predicted octanol–water partition coefficient (Wildman–Crippen LogP) is 10.5. The van der Waals surface area contributed by atoms with Gasteiger partial charge in [0.25, 0.3) is 0 Å². The van der Waals surface area contributed by atoms with Crippen LogP contribution < -0.4 is 0 Å². The zero-order valence-electron chi connectivity index (χ0n) is 24.7. The third kappa shape index (κ3) is 6.52. The second kappa shape index (κ2) is 13.2. The molecule has 4 aromatic carbocycles. The Bertz CT molecular complexity index is 1840. The van der Waals surface area contributed by atoms with Crippen molar-refractivity contribution in [2.45, 2.75) is 33.1 Å². The van der Waals surface area contributed by atoms with Gasteiger partial charge in [0.15, 0.2) is 17.5 Å². The number of nitrogens with zero attached hydrogens (tertiary/aromatic N) is 3. The van der Waals surface area contributed by atoms with E-state index in [9.17, 15) is 0 Å². The van der Waals surface area contributed by atoms with Crippen molar-refractivity contribution in [1.29, 1.82) is 0 Å². The van der Waals surface area contributed by atoms with Gasteiger partial charge in [0.05, 0.1) is 0 Å². The molecule has 0 atom stereocenters. The fourth-order valence-electron chi connectivity index (χ4n) is 5.49. The topological polar surface area (TPSA) is 38.7 Å². The molecule has 1 aromatic heterocycles. The molecule has 210 valence electrons. The Morgan fingerprint density at radius 3 is 1.95 bits per heavy atom. The number of benzene rings is 4. The largest absolute Gasteiger partial charge is 0.208 e. The molecule has 0 saturated heterocycles. The van der Waals surface area contributed by atoms with Crippen LogP contribution in [0.3, 0.4) is 0 Å². The molecule has 0 saturated carbocycles. The van der Waals surface area contributed by atoms with Crippen molar-refractivity contribution in [1.82, 2.24) is 15.0 Å². The zero-order chi connectivity index (χ0) is 29.4. The van der Waals surface area contributed by atoms with Gasteiger partial charge in [0.1, 0.15) is 0 Å². The van der Waals surface area contributed by atoms with E-state index in [1.54, 1.807) is 0 Å². The molecule has 43 heavy (non-hydrogen) atoms. The second-order valence-corrected chi connectivity index (χ2v) is 10.6. The van der Waals surface area contributed by atoms with Crippen LogP contribution in [0.5, 0.6) is 0 Å². The number of hydrogen-bond acceptors (Lipinski definition) is 3. The molecule has 1 heterocycles. The highest BCUT2D eigenvalue weighted by Crippen LogP contribution is 2.33. The second-order valence-electron chi connectivity index (χ2n) is 10.6. The molecule has 0 aliphatic heterocycles. The summed E-state index contributed by atoms with van der Waals surface area (Å²) in [5.74, 6) is 2.04. The summed E-state index contributed by atoms with van der Waals surface area (Å²) >= 11 is 0. The van der Waals surface area contributed by atoms with E-state index in [2.05, 4.69) is 147 Å². The van der Waals surface area contributed by atoms with Crippen LogP contribution in [0.1, 0.15) is 50.1 Å². The third-order valence-corrected chi connectivity index (χ3v) is 7.60. The average Bonchev–Trinajstić information content (AvgIpc) is 3.09. The van der Waals surface area contributed by atoms with E-state index < -0.39 is 0 Å². The minimum Gasteiger partial charge on any atom is -0.208 e. The zero-order valence-corrected chi connectivity index (χ0v) is 24.7. The van der Waals surface area contributed by atoms with Gasteiger partial charge in [-0.05, 0) is 77.8 Å². The Morgan fingerprint density at radius 2 is 1.26 bits per heavy atom. The number of rotatable bonds is 8. The predicted molar refractivity (Wildman–Crippen MR) is 181 cm³/mol. The summed E-state index contributed by atoms with van der Waals surface area (Å²) < 4.78 is 0. The molecule has 1 aliphatic rings. The molecule has 0 bridgehead atoms. The van der Waals surface area contributed by atoms with Crippen molar-refractivity contribution < 1.29 is 0 Å². The van der Waals surface area contributed by atoms with Crippen molar-refractivity contribution in [3.05, 3.63) is 157 Å². The molecular formula is C40H35N3. The van der Waals surface area contributed by atoms with Crippen molar-refractivity contribution >= 4 is 16.7 Å². The minimum atomic E-state index is 0.669. The van der Waals surface area contributed by atoms with Gasteiger partial charge in [-0.1, -0.05) is 128 Å². The lowest BCUT2D eigenvalue weighted by Crippen LogP contribution is -2.04. The Kier molecular flexibility index (Phi) is 8.61. The molecule has 1 aliphatic carbocycles. The van der Waals surface area contributed by atoms with E-state index >= 15 is 0 Å². The summed E-state index contributed by atoms with van der Waals surface area (Å²) in [4.78, 5) is 15.2. The van der Waals surface area contributed by atoms with E-state index in [0.717, 1.165) is 52.7 Å². The SMILES string of the molecule is C/C=C\C(=C/CC)c1cccc(-c2nc(C3=CCCC(c4ccccc4)=C3)nc(-c3cccc(-c4ccccc4)c3)n2)c1. The molecular weight excluding hydrogens is 522 g/mol. The highest BCUT2D eigenvalue weighted by molar-refractivity contribution is 5.85. The molecule has 6 rings (SSSR count). The van der Waals surface area contributed by atoms with Gasteiger partial charge in [-0.15, -0.1) is 0 Å². The minimum absolute atomic E-state index is 0.669. The maximum absolute atomic E-state index is 5.08. The average molecular weight is 558 g/mol. The van der Waals surface area contributed by atoms with Crippen LogP contribution in [0.2, 0.25) is 0 Å². The molecule has 0 spiro atoms. The first-order valence-electron chi connectivity index (χ1n) is 15.0. The van der Waals surface area contributed by atoms with E-state index in [1.807, 2.05) is 6.07 Å². The first kappa shape index (κ1) is 28.0. The van der Waals surface area contributed by atoms with Crippen molar-refractivity contribution in [3.8, 4) is 33.9 Å². The standard InChI is InChI=1S/C40H35N3/c1-3-14-29(15-4-2)32-20-11-23-35(26-32)38-41-39(36-24-12-21-33(27-36)30-16-7-5-8-17-30)43-40(42-38)37-25-13-22-34(28-37)31-18-9-6-10-19-31/h3,5-12,14-21,23-28H,4,13,22H2,1-2H3/b14-3-,29-15+. The smallest absolute Gasteiger partial charge is 0.164 e. The lowest BCUT2D eigenvalue weighted by molar-refractivity contribution is 1.01. The van der Waals surface area contributed by atoms with Crippen molar-refractivity contribution in [2.24, 2.45) is 0 Å². The number of aromatic nitrogens is 3. The van der Waals surface area contributed by atoms with Gasteiger partial charge in [-0.25, -0.2) is 15.0 Å². The maximum atomic E-state index is 5.08. The normalized spacial score (nSPS) is 13.6. The Hall–Kier alpha value is -5.15. The van der Waals surface area contributed by atoms with Gasteiger partial charge in [-0.3, -0.25) is 0 Å². The van der Waals surface area contributed by atoms with Gasteiger partial charge in [0, 0.05) is 16.7 Å². The first-order chi connectivity index (χ1) is 21.2.